The van der Waals surface area contributed by atoms with Crippen molar-refractivity contribution in [1.82, 2.24) is 0 Å². The molecule has 0 spiro atoms. The number of fused-ring (bicyclic) bond motifs is 1. The second-order valence-corrected chi connectivity index (χ2v) is 10.1. The Morgan fingerprint density at radius 1 is 1.40 bits per heavy atom. The molecule has 3 atom stereocenters. The van der Waals surface area contributed by atoms with Gasteiger partial charge in [0.25, 0.3) is 0 Å². The molecular weight excluding hydrogens is 271 g/mol. The molecule has 3 heteroatoms. The van der Waals surface area contributed by atoms with Gasteiger partial charge in [-0.1, -0.05) is 0 Å². The number of hydrogen-bond donors (Lipinski definition) is 0. The van der Waals surface area contributed by atoms with Crippen LogP contribution in [0.4, 0.5) is 0 Å². The molecule has 0 aromatic carbocycles. The molecule has 0 bridgehead atoms. The van der Waals surface area contributed by atoms with Crippen molar-refractivity contribution in [3.63, 3.8) is 0 Å². The zero-order valence-corrected chi connectivity index (χ0v) is 12.4. The van der Waals surface area contributed by atoms with Gasteiger partial charge in [0.15, 0.2) is 0 Å². The minimum absolute atomic E-state index is 0.210. The van der Waals surface area contributed by atoms with Crippen molar-refractivity contribution < 1.29 is 4.74 Å². The van der Waals surface area contributed by atoms with Crippen LogP contribution in [0.2, 0.25) is 4.82 Å². The Morgan fingerprint density at radius 3 is 2.93 bits per heavy atom. The molecule has 88 valence electrons. The predicted octanol–water partition coefficient (Wildman–Crippen LogP) is 3.66. The van der Waals surface area contributed by atoms with Crippen LogP contribution in [0.15, 0.2) is 0 Å². The molecule has 1 aliphatic carbocycles. The molecule has 0 radical (unpaired) electrons. The molecule has 0 aromatic heterocycles. The number of ether oxygens (including phenoxy) is 1. The van der Waals surface area contributed by atoms with E-state index < -0.39 is 0 Å². The standard InChI is InChI=1S/C12H22OSSe/c1-3-4-9-14-12(2)13-10-7-5-6-8-11(10)15-12/h10-11H,3-9H2,1-2H3/t10-,11-,12-/m0/s1. The van der Waals surface area contributed by atoms with E-state index in [1.165, 1.54) is 44.3 Å². The van der Waals surface area contributed by atoms with Gasteiger partial charge in [0.1, 0.15) is 0 Å². The summed E-state index contributed by atoms with van der Waals surface area (Å²) in [5, 5.41) is 0. The number of hydrogen-bond acceptors (Lipinski definition) is 2. The summed E-state index contributed by atoms with van der Waals surface area (Å²) in [4.78, 5) is 0.936. The summed E-state index contributed by atoms with van der Waals surface area (Å²) in [6, 6.07) is 0. The van der Waals surface area contributed by atoms with Crippen LogP contribution in [-0.4, -0.2) is 30.6 Å². The molecule has 2 rings (SSSR count). The fourth-order valence-electron chi connectivity index (χ4n) is 2.38. The van der Waals surface area contributed by atoms with E-state index in [0.29, 0.717) is 21.1 Å². The Balaban J connectivity index is 1.83. The number of thioether (sulfide) groups is 1. The molecular formula is C12H22OSSe. The van der Waals surface area contributed by atoms with E-state index in [-0.39, 0.29) is 3.83 Å². The van der Waals surface area contributed by atoms with Crippen molar-refractivity contribution in [1.29, 1.82) is 0 Å². The maximum atomic E-state index is 6.29. The molecule has 1 nitrogen and oxygen atoms in total. The van der Waals surface area contributed by atoms with Crippen LogP contribution < -0.4 is 0 Å². The maximum absolute atomic E-state index is 6.29. The van der Waals surface area contributed by atoms with Crippen LogP contribution in [0.3, 0.4) is 0 Å². The Kier molecular flexibility index (Phi) is 4.46. The van der Waals surface area contributed by atoms with Crippen LogP contribution in [0.1, 0.15) is 52.4 Å². The molecule has 15 heavy (non-hydrogen) atoms. The van der Waals surface area contributed by atoms with Crippen LogP contribution in [0.25, 0.3) is 0 Å². The second kappa shape index (κ2) is 5.44. The summed E-state index contributed by atoms with van der Waals surface area (Å²) in [5.41, 5.74) is 0. The van der Waals surface area contributed by atoms with Crippen molar-refractivity contribution in [2.24, 2.45) is 0 Å². The van der Waals surface area contributed by atoms with E-state index in [4.69, 9.17) is 4.74 Å². The second-order valence-electron chi connectivity index (χ2n) is 4.66. The summed E-state index contributed by atoms with van der Waals surface area (Å²) in [7, 11) is 0. The quantitative estimate of drug-likeness (QED) is 0.578. The summed E-state index contributed by atoms with van der Waals surface area (Å²) < 4.78 is 6.50. The fourth-order valence-corrected chi connectivity index (χ4v) is 7.89. The molecule has 0 aromatic rings. The Bertz CT molecular complexity index is 196. The molecule has 0 N–H and O–H groups in total. The van der Waals surface area contributed by atoms with E-state index in [2.05, 4.69) is 25.6 Å². The van der Waals surface area contributed by atoms with E-state index in [9.17, 15) is 0 Å². The monoisotopic (exact) mass is 294 g/mol. The first-order chi connectivity index (χ1) is 7.23. The van der Waals surface area contributed by atoms with Crippen molar-refractivity contribution in [2.75, 3.05) is 5.75 Å². The van der Waals surface area contributed by atoms with Gasteiger partial charge in [-0.3, -0.25) is 0 Å². The third-order valence-electron chi connectivity index (χ3n) is 3.23. The molecule has 1 heterocycles. The molecule has 0 amide bonds. The van der Waals surface area contributed by atoms with Gasteiger partial charge in [0.05, 0.1) is 0 Å². The van der Waals surface area contributed by atoms with Crippen LogP contribution in [0.5, 0.6) is 0 Å². The van der Waals surface area contributed by atoms with Gasteiger partial charge in [-0.25, -0.2) is 0 Å². The van der Waals surface area contributed by atoms with Gasteiger partial charge in [0, 0.05) is 0 Å². The van der Waals surface area contributed by atoms with Crippen LogP contribution >= 0.6 is 11.8 Å². The third-order valence-corrected chi connectivity index (χ3v) is 8.46. The van der Waals surface area contributed by atoms with Gasteiger partial charge < -0.3 is 0 Å². The van der Waals surface area contributed by atoms with E-state index >= 15 is 0 Å². The first kappa shape index (κ1) is 12.3. The third kappa shape index (κ3) is 3.15. The van der Waals surface area contributed by atoms with Crippen LogP contribution in [0, 0.1) is 0 Å². The summed E-state index contributed by atoms with van der Waals surface area (Å²) in [5.74, 6) is 1.29. The van der Waals surface area contributed by atoms with Gasteiger partial charge >= 0.3 is 104 Å². The van der Waals surface area contributed by atoms with Crippen molar-refractivity contribution in [3.05, 3.63) is 0 Å². The first-order valence-corrected chi connectivity index (χ1v) is 9.06. The van der Waals surface area contributed by atoms with Crippen molar-refractivity contribution >= 4 is 26.7 Å². The van der Waals surface area contributed by atoms with Crippen LogP contribution in [-0.2, 0) is 4.74 Å². The molecule has 0 unspecified atom stereocenters. The topological polar surface area (TPSA) is 9.23 Å². The van der Waals surface area contributed by atoms with Gasteiger partial charge in [-0.05, 0) is 0 Å². The fraction of sp³-hybridized carbons (Fsp3) is 1.00. The molecule has 1 saturated carbocycles. The van der Waals surface area contributed by atoms with E-state index in [1.807, 2.05) is 0 Å². The van der Waals surface area contributed by atoms with Gasteiger partial charge in [-0.15, -0.1) is 0 Å². The molecule has 1 aliphatic heterocycles. The molecule has 1 saturated heterocycles. The summed E-state index contributed by atoms with van der Waals surface area (Å²) >= 11 is 2.79. The zero-order chi connectivity index (χ0) is 10.7. The van der Waals surface area contributed by atoms with Gasteiger partial charge in [0.2, 0.25) is 0 Å². The van der Waals surface area contributed by atoms with Crippen molar-refractivity contribution in [3.8, 4) is 0 Å². The molecule has 2 fully saturated rings. The Labute approximate surface area is 104 Å². The average Bonchev–Trinajstić information content (AvgIpc) is 2.54. The number of unbranched alkanes of at least 4 members (excludes halogenated alkanes) is 1. The SMILES string of the molecule is CCCCS[C@]1(C)O[C@H]2CCCC[C@@H]2[Se]1. The Hall–Kier alpha value is 0.829. The normalized spacial score (nSPS) is 40.4. The summed E-state index contributed by atoms with van der Waals surface area (Å²) in [6.45, 7) is 4.61. The molecule has 2 aliphatic rings. The Morgan fingerprint density at radius 2 is 2.20 bits per heavy atom. The minimum atomic E-state index is 0.210. The summed E-state index contributed by atoms with van der Waals surface area (Å²) in [6.07, 6.45) is 8.88. The zero-order valence-electron chi connectivity index (χ0n) is 9.83. The van der Waals surface area contributed by atoms with E-state index in [1.54, 1.807) is 0 Å². The predicted molar refractivity (Wildman–Crippen MR) is 68.6 cm³/mol. The van der Waals surface area contributed by atoms with Crippen molar-refractivity contribution in [2.45, 2.75) is 67.1 Å². The first-order valence-electron chi connectivity index (χ1n) is 6.23. The number of rotatable bonds is 4. The average molecular weight is 293 g/mol. The van der Waals surface area contributed by atoms with Gasteiger partial charge in [-0.2, -0.15) is 0 Å². The van der Waals surface area contributed by atoms with E-state index in [0.717, 1.165) is 4.82 Å².